The summed E-state index contributed by atoms with van der Waals surface area (Å²) in [6.45, 7) is 0.851. The lowest BCUT2D eigenvalue weighted by atomic mass is 10.1. The van der Waals surface area contributed by atoms with Crippen molar-refractivity contribution < 1.29 is 13.2 Å². The number of rotatable bonds is 4. The third-order valence-corrected chi connectivity index (χ3v) is 8.13. The molecule has 27 heavy (non-hydrogen) atoms. The molecular weight excluding hydrogens is 472 g/mol. The van der Waals surface area contributed by atoms with Crippen LogP contribution in [-0.4, -0.2) is 36.9 Å². The molecule has 0 aliphatic carbocycles. The number of fused-ring (bicyclic) bond motifs is 1. The molecule has 142 valence electrons. The van der Waals surface area contributed by atoms with Gasteiger partial charge in [-0.15, -0.1) is 0 Å². The first-order chi connectivity index (χ1) is 12.9. The van der Waals surface area contributed by atoms with Gasteiger partial charge in [0.15, 0.2) is 0 Å². The molecule has 0 saturated carbocycles. The molecule has 5 nitrogen and oxygen atoms in total. The third-order valence-electron chi connectivity index (χ3n) is 4.47. The Labute approximate surface area is 175 Å². The number of hydrogen-bond acceptors (Lipinski definition) is 5. The summed E-state index contributed by atoms with van der Waals surface area (Å²) in [6.07, 6.45) is 1.19. The Kier molecular flexibility index (Phi) is 5.44. The van der Waals surface area contributed by atoms with Crippen LogP contribution in [0.3, 0.4) is 0 Å². The van der Waals surface area contributed by atoms with Crippen molar-refractivity contribution in [2.75, 3.05) is 13.1 Å². The van der Waals surface area contributed by atoms with Crippen molar-refractivity contribution in [3.63, 3.8) is 0 Å². The van der Waals surface area contributed by atoms with Crippen LogP contribution in [0.5, 0.6) is 5.19 Å². The quantitative estimate of drug-likeness (QED) is 0.523. The minimum absolute atomic E-state index is 0.0549. The van der Waals surface area contributed by atoms with Crippen LogP contribution in [0.4, 0.5) is 0 Å². The number of para-hydroxylation sites is 1. The number of ether oxygens (including phenoxy) is 1. The van der Waals surface area contributed by atoms with Crippen LogP contribution in [-0.2, 0) is 10.0 Å². The fraction of sp³-hybridized carbons (Fsp3) is 0.278. The first-order valence-electron chi connectivity index (χ1n) is 8.41. The van der Waals surface area contributed by atoms with E-state index in [0.717, 1.165) is 14.7 Å². The van der Waals surface area contributed by atoms with Crippen molar-refractivity contribution in [3.8, 4) is 5.19 Å². The largest absolute Gasteiger partial charge is 0.467 e. The highest BCUT2D eigenvalue weighted by Crippen LogP contribution is 2.33. The highest BCUT2D eigenvalue weighted by Gasteiger charge is 2.30. The second kappa shape index (κ2) is 7.67. The van der Waals surface area contributed by atoms with E-state index in [1.54, 1.807) is 30.3 Å². The molecule has 0 spiro atoms. The fourth-order valence-electron chi connectivity index (χ4n) is 3.03. The van der Waals surface area contributed by atoms with Crippen LogP contribution in [0.15, 0.2) is 51.8 Å². The lowest BCUT2D eigenvalue weighted by molar-refractivity contribution is 0.135. The average Bonchev–Trinajstić information content (AvgIpc) is 3.06. The lowest BCUT2D eigenvalue weighted by Gasteiger charge is -2.30. The first kappa shape index (κ1) is 19.1. The van der Waals surface area contributed by atoms with Crippen LogP contribution in [0.2, 0.25) is 5.02 Å². The molecule has 0 unspecified atom stereocenters. The van der Waals surface area contributed by atoms with E-state index in [1.165, 1.54) is 15.6 Å². The highest BCUT2D eigenvalue weighted by atomic mass is 79.9. The molecule has 4 rings (SSSR count). The minimum Gasteiger partial charge on any atom is -0.467 e. The predicted molar refractivity (Wildman–Crippen MR) is 111 cm³/mol. The summed E-state index contributed by atoms with van der Waals surface area (Å²) in [5.41, 5.74) is 0.745. The number of hydrogen-bond donors (Lipinski definition) is 0. The van der Waals surface area contributed by atoms with Crippen molar-refractivity contribution in [2.45, 2.75) is 23.8 Å². The molecule has 1 fully saturated rings. The molecule has 0 atom stereocenters. The topological polar surface area (TPSA) is 59.5 Å². The summed E-state index contributed by atoms with van der Waals surface area (Å²) in [7, 11) is -3.47. The number of aromatic nitrogens is 1. The second-order valence-electron chi connectivity index (χ2n) is 6.24. The SMILES string of the molecule is O=S(=O)(c1ccc(Br)cc1)N1CCC(Oc2nc3c(Cl)cccc3s2)CC1. The standard InChI is InChI=1S/C18H16BrClN2O3S2/c19-12-4-6-14(7-5-12)27(23,24)22-10-8-13(9-11-22)25-18-21-17-15(20)2-1-3-16(17)26-18/h1-7,13H,8-11H2. The molecule has 1 aliphatic heterocycles. The minimum atomic E-state index is -3.47. The van der Waals surface area contributed by atoms with Gasteiger partial charge in [-0.05, 0) is 49.2 Å². The summed E-state index contributed by atoms with van der Waals surface area (Å²) in [4.78, 5) is 4.77. The molecule has 3 aromatic rings. The maximum absolute atomic E-state index is 12.8. The molecular formula is C18H16BrClN2O3S2. The van der Waals surface area contributed by atoms with Gasteiger partial charge in [0, 0.05) is 17.6 Å². The van der Waals surface area contributed by atoms with Gasteiger partial charge in [-0.2, -0.15) is 4.31 Å². The van der Waals surface area contributed by atoms with Gasteiger partial charge in [0.1, 0.15) is 11.6 Å². The first-order valence-corrected chi connectivity index (χ1v) is 11.8. The summed E-state index contributed by atoms with van der Waals surface area (Å²) in [5.74, 6) is 0. The normalized spacial score (nSPS) is 16.7. The molecule has 2 heterocycles. The van der Waals surface area contributed by atoms with E-state index in [4.69, 9.17) is 16.3 Å². The lowest BCUT2D eigenvalue weighted by Crippen LogP contribution is -2.41. The molecule has 1 aromatic heterocycles. The summed E-state index contributed by atoms with van der Waals surface area (Å²) < 4.78 is 34.9. The van der Waals surface area contributed by atoms with Crippen LogP contribution < -0.4 is 4.74 Å². The van der Waals surface area contributed by atoms with Gasteiger partial charge in [-0.1, -0.05) is 44.9 Å². The van der Waals surface area contributed by atoms with Gasteiger partial charge in [-0.25, -0.2) is 13.4 Å². The number of piperidine rings is 1. The van der Waals surface area contributed by atoms with E-state index >= 15 is 0 Å². The van der Waals surface area contributed by atoms with E-state index in [2.05, 4.69) is 20.9 Å². The molecule has 1 saturated heterocycles. The van der Waals surface area contributed by atoms with Gasteiger partial charge >= 0.3 is 0 Å². The van der Waals surface area contributed by atoms with Crippen LogP contribution in [0.1, 0.15) is 12.8 Å². The summed E-state index contributed by atoms with van der Waals surface area (Å²) in [5, 5.41) is 1.18. The zero-order valence-electron chi connectivity index (χ0n) is 14.1. The zero-order chi connectivity index (χ0) is 19.0. The monoisotopic (exact) mass is 486 g/mol. The number of benzene rings is 2. The summed E-state index contributed by atoms with van der Waals surface area (Å²) >= 11 is 10.9. The Morgan fingerprint density at radius 3 is 2.52 bits per heavy atom. The van der Waals surface area contributed by atoms with Crippen LogP contribution >= 0.6 is 38.9 Å². The number of sulfonamides is 1. The van der Waals surface area contributed by atoms with E-state index in [9.17, 15) is 8.42 Å². The van der Waals surface area contributed by atoms with Crippen molar-refractivity contribution >= 4 is 59.1 Å². The Morgan fingerprint density at radius 2 is 1.85 bits per heavy atom. The van der Waals surface area contributed by atoms with E-state index in [1.807, 2.05) is 12.1 Å². The van der Waals surface area contributed by atoms with Gasteiger partial charge in [0.25, 0.3) is 5.19 Å². The van der Waals surface area contributed by atoms with Gasteiger partial charge in [-0.3, -0.25) is 0 Å². The molecule has 2 aromatic carbocycles. The zero-order valence-corrected chi connectivity index (χ0v) is 18.1. The Morgan fingerprint density at radius 1 is 1.15 bits per heavy atom. The predicted octanol–water partition coefficient (Wildman–Crippen LogP) is 4.94. The maximum Gasteiger partial charge on any atom is 0.274 e. The van der Waals surface area contributed by atoms with Gasteiger partial charge in [0.2, 0.25) is 10.0 Å². The third kappa shape index (κ3) is 4.00. The molecule has 0 bridgehead atoms. The summed E-state index contributed by atoms with van der Waals surface area (Å²) in [6, 6.07) is 12.4. The van der Waals surface area contributed by atoms with E-state index in [-0.39, 0.29) is 6.10 Å². The van der Waals surface area contributed by atoms with Crippen molar-refractivity contribution in [1.29, 1.82) is 0 Å². The molecule has 0 amide bonds. The van der Waals surface area contributed by atoms with Crippen molar-refractivity contribution in [1.82, 2.24) is 9.29 Å². The van der Waals surface area contributed by atoms with E-state index < -0.39 is 10.0 Å². The fourth-order valence-corrected chi connectivity index (χ4v) is 5.95. The Hall–Kier alpha value is -1.19. The van der Waals surface area contributed by atoms with Crippen LogP contribution in [0.25, 0.3) is 10.2 Å². The Balaban J connectivity index is 1.42. The average molecular weight is 488 g/mol. The number of thiazole rings is 1. The molecule has 0 radical (unpaired) electrons. The smallest absolute Gasteiger partial charge is 0.274 e. The van der Waals surface area contributed by atoms with Crippen LogP contribution in [0, 0.1) is 0 Å². The van der Waals surface area contributed by atoms with Crippen molar-refractivity contribution in [2.24, 2.45) is 0 Å². The second-order valence-corrected chi connectivity index (χ2v) is 10.5. The molecule has 1 aliphatic rings. The number of nitrogens with zero attached hydrogens (tertiary/aromatic N) is 2. The number of halogens is 2. The highest BCUT2D eigenvalue weighted by molar-refractivity contribution is 9.10. The molecule has 0 N–H and O–H groups in total. The maximum atomic E-state index is 12.8. The van der Waals surface area contributed by atoms with E-state index in [0.29, 0.717) is 41.0 Å². The molecule has 9 heteroatoms. The van der Waals surface area contributed by atoms with Gasteiger partial charge < -0.3 is 4.74 Å². The van der Waals surface area contributed by atoms with Crippen molar-refractivity contribution in [3.05, 3.63) is 52.0 Å². The Bertz CT molecular complexity index is 1060. The van der Waals surface area contributed by atoms with Gasteiger partial charge in [0.05, 0.1) is 14.6 Å².